The van der Waals surface area contributed by atoms with Crippen LogP contribution in [0.1, 0.15) is 16.1 Å². The third-order valence-electron chi connectivity index (χ3n) is 3.30. The van der Waals surface area contributed by atoms with E-state index in [9.17, 15) is 9.59 Å². The van der Waals surface area contributed by atoms with Gasteiger partial charge in [0, 0.05) is 17.3 Å². The minimum atomic E-state index is -0.618. The first-order valence-electron chi connectivity index (χ1n) is 7.28. The SMILES string of the molecule is NC(=O)c1ccc(NC(=O)Cc2csc(-c3ccccn3)n2)cc1Cl. The molecule has 8 heteroatoms. The second-order valence-electron chi connectivity index (χ2n) is 5.14. The van der Waals surface area contributed by atoms with E-state index in [1.54, 1.807) is 12.3 Å². The van der Waals surface area contributed by atoms with Crippen LogP contribution in [0.25, 0.3) is 10.7 Å². The Bertz CT molecular complexity index is 927. The minimum Gasteiger partial charge on any atom is -0.366 e. The standard InChI is InChI=1S/C17H13ClN4O2S/c18-13-7-10(4-5-12(13)16(19)24)21-15(23)8-11-9-25-17(22-11)14-3-1-2-6-20-14/h1-7,9H,8H2,(H2,19,24)(H,21,23). The van der Waals surface area contributed by atoms with E-state index >= 15 is 0 Å². The van der Waals surface area contributed by atoms with Gasteiger partial charge in [0.25, 0.3) is 0 Å². The fraction of sp³-hybridized carbons (Fsp3) is 0.0588. The molecule has 2 amide bonds. The molecule has 2 heterocycles. The van der Waals surface area contributed by atoms with Crippen molar-refractivity contribution in [1.29, 1.82) is 0 Å². The maximum atomic E-state index is 12.2. The first kappa shape index (κ1) is 17.1. The molecule has 3 N–H and O–H groups in total. The number of hydrogen-bond acceptors (Lipinski definition) is 5. The lowest BCUT2D eigenvalue weighted by atomic mass is 10.2. The molecular formula is C17H13ClN4O2S. The van der Waals surface area contributed by atoms with Crippen LogP contribution in [0, 0.1) is 0 Å². The number of thiazole rings is 1. The molecular weight excluding hydrogens is 360 g/mol. The molecule has 0 saturated carbocycles. The molecule has 1 aromatic carbocycles. The highest BCUT2D eigenvalue weighted by molar-refractivity contribution is 7.13. The van der Waals surface area contributed by atoms with Gasteiger partial charge in [-0.3, -0.25) is 14.6 Å². The van der Waals surface area contributed by atoms with Crippen molar-refractivity contribution in [3.05, 3.63) is 64.3 Å². The summed E-state index contributed by atoms with van der Waals surface area (Å²) in [7, 11) is 0. The van der Waals surface area contributed by atoms with Gasteiger partial charge in [0.1, 0.15) is 5.01 Å². The van der Waals surface area contributed by atoms with Crippen molar-refractivity contribution in [3.63, 3.8) is 0 Å². The number of aromatic nitrogens is 2. The Morgan fingerprint density at radius 3 is 2.76 bits per heavy atom. The van der Waals surface area contributed by atoms with Gasteiger partial charge >= 0.3 is 0 Å². The van der Waals surface area contributed by atoms with Gasteiger partial charge in [-0.1, -0.05) is 17.7 Å². The number of carbonyl (C=O) groups excluding carboxylic acids is 2. The van der Waals surface area contributed by atoms with Crippen LogP contribution in [-0.4, -0.2) is 21.8 Å². The predicted molar refractivity (Wildman–Crippen MR) is 97.6 cm³/mol. The summed E-state index contributed by atoms with van der Waals surface area (Å²) < 4.78 is 0. The fourth-order valence-electron chi connectivity index (χ4n) is 2.16. The summed E-state index contributed by atoms with van der Waals surface area (Å²) in [6, 6.07) is 10.1. The number of nitrogens with two attached hydrogens (primary N) is 1. The van der Waals surface area contributed by atoms with Crippen LogP contribution in [0.5, 0.6) is 0 Å². The summed E-state index contributed by atoms with van der Waals surface area (Å²) in [6.07, 6.45) is 1.82. The van der Waals surface area contributed by atoms with E-state index in [2.05, 4.69) is 15.3 Å². The Morgan fingerprint density at radius 1 is 1.24 bits per heavy atom. The van der Waals surface area contributed by atoms with Gasteiger partial charge in [0.2, 0.25) is 11.8 Å². The van der Waals surface area contributed by atoms with Crippen LogP contribution in [-0.2, 0) is 11.2 Å². The van der Waals surface area contributed by atoms with Crippen molar-refractivity contribution in [2.45, 2.75) is 6.42 Å². The predicted octanol–water partition coefficient (Wildman–Crippen LogP) is 3.14. The molecule has 0 aliphatic carbocycles. The number of carbonyl (C=O) groups is 2. The Kier molecular flexibility index (Phi) is 5.06. The van der Waals surface area contributed by atoms with E-state index in [0.29, 0.717) is 11.4 Å². The normalized spacial score (nSPS) is 10.4. The summed E-state index contributed by atoms with van der Waals surface area (Å²) in [5.74, 6) is -0.854. The molecule has 0 spiro atoms. The maximum Gasteiger partial charge on any atom is 0.250 e. The highest BCUT2D eigenvalue weighted by Crippen LogP contribution is 2.23. The zero-order valence-corrected chi connectivity index (χ0v) is 14.5. The van der Waals surface area contributed by atoms with Gasteiger partial charge in [-0.25, -0.2) is 4.98 Å². The Hall–Kier alpha value is -2.77. The maximum absolute atomic E-state index is 12.2. The lowest BCUT2D eigenvalue weighted by Gasteiger charge is -2.06. The number of anilines is 1. The van der Waals surface area contributed by atoms with Crippen molar-refractivity contribution in [3.8, 4) is 10.7 Å². The second kappa shape index (κ2) is 7.42. The Morgan fingerprint density at radius 2 is 2.08 bits per heavy atom. The van der Waals surface area contributed by atoms with Gasteiger partial charge in [0.05, 0.1) is 28.4 Å². The van der Waals surface area contributed by atoms with E-state index in [1.165, 1.54) is 23.5 Å². The molecule has 0 aliphatic heterocycles. The zero-order valence-electron chi connectivity index (χ0n) is 12.9. The van der Waals surface area contributed by atoms with E-state index in [4.69, 9.17) is 17.3 Å². The fourth-order valence-corrected chi connectivity index (χ4v) is 3.23. The molecule has 2 aromatic heterocycles. The molecule has 0 unspecified atom stereocenters. The number of hydrogen-bond donors (Lipinski definition) is 2. The molecule has 0 fully saturated rings. The summed E-state index contributed by atoms with van der Waals surface area (Å²) >= 11 is 7.40. The number of halogens is 1. The lowest BCUT2D eigenvalue weighted by Crippen LogP contribution is -2.15. The first-order valence-corrected chi connectivity index (χ1v) is 8.53. The third kappa shape index (κ3) is 4.20. The van der Waals surface area contributed by atoms with Crippen molar-refractivity contribution >= 4 is 40.4 Å². The van der Waals surface area contributed by atoms with Crippen LogP contribution in [0.15, 0.2) is 48.0 Å². The average Bonchev–Trinajstić information content (AvgIpc) is 3.03. The lowest BCUT2D eigenvalue weighted by molar-refractivity contribution is -0.115. The topological polar surface area (TPSA) is 98.0 Å². The van der Waals surface area contributed by atoms with E-state index < -0.39 is 5.91 Å². The monoisotopic (exact) mass is 372 g/mol. The molecule has 0 radical (unpaired) electrons. The Balaban J connectivity index is 1.66. The third-order valence-corrected chi connectivity index (χ3v) is 4.52. The summed E-state index contributed by atoms with van der Waals surface area (Å²) in [4.78, 5) is 32.0. The first-order chi connectivity index (χ1) is 12.0. The zero-order chi connectivity index (χ0) is 17.8. The van der Waals surface area contributed by atoms with Crippen LogP contribution in [0.2, 0.25) is 5.02 Å². The van der Waals surface area contributed by atoms with Crippen LogP contribution >= 0.6 is 22.9 Å². The molecule has 3 aromatic rings. The number of nitrogens with zero attached hydrogens (tertiary/aromatic N) is 2. The quantitative estimate of drug-likeness (QED) is 0.718. The molecule has 126 valence electrons. The second-order valence-corrected chi connectivity index (χ2v) is 6.41. The van der Waals surface area contributed by atoms with Crippen molar-refractivity contribution < 1.29 is 9.59 Å². The van der Waals surface area contributed by atoms with E-state index in [0.717, 1.165) is 10.7 Å². The smallest absolute Gasteiger partial charge is 0.250 e. The van der Waals surface area contributed by atoms with Crippen LogP contribution < -0.4 is 11.1 Å². The summed E-state index contributed by atoms with van der Waals surface area (Å²) in [6.45, 7) is 0. The van der Waals surface area contributed by atoms with Gasteiger partial charge in [-0.05, 0) is 30.3 Å². The number of amides is 2. The minimum absolute atomic E-state index is 0.124. The Labute approximate surface area is 152 Å². The van der Waals surface area contributed by atoms with Gasteiger partial charge < -0.3 is 11.1 Å². The molecule has 6 nitrogen and oxygen atoms in total. The number of pyridine rings is 1. The summed E-state index contributed by atoms with van der Waals surface area (Å²) in [5.41, 5.74) is 7.32. The number of rotatable bonds is 5. The number of nitrogens with one attached hydrogen (secondary N) is 1. The number of primary amides is 1. The van der Waals surface area contributed by atoms with Gasteiger partial charge in [-0.15, -0.1) is 11.3 Å². The molecule has 0 saturated heterocycles. The highest BCUT2D eigenvalue weighted by atomic mass is 35.5. The average molecular weight is 373 g/mol. The largest absolute Gasteiger partial charge is 0.366 e. The van der Waals surface area contributed by atoms with Gasteiger partial charge in [-0.2, -0.15) is 0 Å². The van der Waals surface area contributed by atoms with Crippen LogP contribution in [0.4, 0.5) is 5.69 Å². The molecule has 0 aliphatic rings. The summed E-state index contributed by atoms with van der Waals surface area (Å²) in [5, 5.41) is 5.50. The number of benzene rings is 1. The van der Waals surface area contributed by atoms with Crippen molar-refractivity contribution in [2.75, 3.05) is 5.32 Å². The molecule has 0 atom stereocenters. The molecule has 25 heavy (non-hydrogen) atoms. The van der Waals surface area contributed by atoms with Crippen molar-refractivity contribution in [2.24, 2.45) is 5.73 Å². The molecule has 3 rings (SSSR count). The van der Waals surface area contributed by atoms with E-state index in [1.807, 2.05) is 23.6 Å². The highest BCUT2D eigenvalue weighted by Gasteiger charge is 2.12. The van der Waals surface area contributed by atoms with Crippen LogP contribution in [0.3, 0.4) is 0 Å². The van der Waals surface area contributed by atoms with Crippen molar-refractivity contribution in [1.82, 2.24) is 9.97 Å². The molecule has 0 bridgehead atoms. The van der Waals surface area contributed by atoms with Gasteiger partial charge in [0.15, 0.2) is 0 Å². The van der Waals surface area contributed by atoms with E-state index in [-0.39, 0.29) is 22.9 Å².